The minimum Gasteiger partial charge on any atom is -0.497 e. The van der Waals surface area contributed by atoms with Gasteiger partial charge in [-0.15, -0.1) is 0 Å². The van der Waals surface area contributed by atoms with E-state index < -0.39 is 5.97 Å². The average molecular weight is 312 g/mol. The van der Waals surface area contributed by atoms with Crippen LogP contribution in [0, 0.1) is 13.8 Å². The first-order valence-corrected chi connectivity index (χ1v) is 7.21. The lowest BCUT2D eigenvalue weighted by Gasteiger charge is -2.10. The Kier molecular flexibility index (Phi) is 5.06. The summed E-state index contributed by atoms with van der Waals surface area (Å²) in [6, 6.07) is 10.9. The molecule has 0 spiro atoms. The van der Waals surface area contributed by atoms with Crippen molar-refractivity contribution < 1.29 is 19.4 Å². The molecule has 0 fully saturated rings. The second-order valence-corrected chi connectivity index (χ2v) is 5.27. The largest absolute Gasteiger partial charge is 0.497 e. The fraction of sp³-hybridized carbons (Fsp3) is 0.211. The quantitative estimate of drug-likeness (QED) is 0.671. The minimum absolute atomic E-state index is 0.208. The zero-order valence-corrected chi connectivity index (χ0v) is 13.7. The van der Waals surface area contributed by atoms with E-state index in [1.54, 1.807) is 38.5 Å². The van der Waals surface area contributed by atoms with Gasteiger partial charge >= 0.3 is 5.97 Å². The van der Waals surface area contributed by atoms with E-state index in [-0.39, 0.29) is 5.57 Å². The van der Waals surface area contributed by atoms with E-state index in [0.717, 1.165) is 11.1 Å². The summed E-state index contributed by atoms with van der Waals surface area (Å²) in [4.78, 5) is 11.7. The summed E-state index contributed by atoms with van der Waals surface area (Å²) in [7, 11) is 3.12. The van der Waals surface area contributed by atoms with Gasteiger partial charge in [-0.05, 0) is 54.8 Å². The van der Waals surface area contributed by atoms with Crippen molar-refractivity contribution in [3.05, 3.63) is 58.7 Å². The van der Waals surface area contributed by atoms with Crippen molar-refractivity contribution >= 4 is 17.6 Å². The first-order valence-electron chi connectivity index (χ1n) is 7.21. The summed E-state index contributed by atoms with van der Waals surface area (Å²) >= 11 is 0. The van der Waals surface area contributed by atoms with Gasteiger partial charge < -0.3 is 14.6 Å². The van der Waals surface area contributed by atoms with Crippen LogP contribution in [0.15, 0.2) is 36.4 Å². The molecule has 4 nitrogen and oxygen atoms in total. The molecule has 1 N–H and O–H groups in total. The molecule has 4 heteroatoms. The van der Waals surface area contributed by atoms with E-state index in [4.69, 9.17) is 9.47 Å². The standard InChI is InChI=1S/C19H20O4/c1-12-5-6-14(9-13(12)2)17(19(20)21)11-15-10-16(22-3)7-8-18(15)23-4/h5-11H,1-4H3,(H,20,21)/b17-11-. The molecular weight excluding hydrogens is 292 g/mol. The molecule has 120 valence electrons. The summed E-state index contributed by atoms with van der Waals surface area (Å²) in [5.41, 5.74) is 3.69. The normalized spacial score (nSPS) is 11.2. The van der Waals surface area contributed by atoms with Crippen molar-refractivity contribution in [1.29, 1.82) is 0 Å². The summed E-state index contributed by atoms with van der Waals surface area (Å²) in [6.45, 7) is 3.96. The van der Waals surface area contributed by atoms with Crippen molar-refractivity contribution in [2.45, 2.75) is 13.8 Å². The molecule has 0 saturated carbocycles. The first kappa shape index (κ1) is 16.6. The van der Waals surface area contributed by atoms with E-state index in [0.29, 0.717) is 22.6 Å². The van der Waals surface area contributed by atoms with Crippen LogP contribution in [0.1, 0.15) is 22.3 Å². The SMILES string of the molecule is COc1ccc(OC)c(/C=C(\C(=O)O)c2ccc(C)c(C)c2)c1. The highest BCUT2D eigenvalue weighted by Crippen LogP contribution is 2.29. The number of ether oxygens (including phenoxy) is 2. The lowest BCUT2D eigenvalue weighted by atomic mass is 9.98. The maximum Gasteiger partial charge on any atom is 0.336 e. The number of aliphatic carboxylic acids is 1. The predicted molar refractivity (Wildman–Crippen MR) is 91.0 cm³/mol. The summed E-state index contributed by atoms with van der Waals surface area (Å²) in [5.74, 6) is 0.244. The van der Waals surface area contributed by atoms with Crippen molar-refractivity contribution in [2.24, 2.45) is 0 Å². The van der Waals surface area contributed by atoms with Gasteiger partial charge in [-0.3, -0.25) is 0 Å². The molecule has 2 rings (SSSR count). The van der Waals surface area contributed by atoms with E-state index in [1.165, 1.54) is 0 Å². The molecule has 2 aromatic carbocycles. The highest BCUT2D eigenvalue weighted by atomic mass is 16.5. The number of carboxylic acid groups (broad SMARTS) is 1. The second-order valence-electron chi connectivity index (χ2n) is 5.27. The Morgan fingerprint density at radius 1 is 1.00 bits per heavy atom. The Bertz CT molecular complexity index is 760. The summed E-state index contributed by atoms with van der Waals surface area (Å²) in [6.07, 6.45) is 1.60. The number of rotatable bonds is 5. The van der Waals surface area contributed by atoms with Gasteiger partial charge in [0.1, 0.15) is 11.5 Å². The fourth-order valence-corrected chi connectivity index (χ4v) is 2.29. The van der Waals surface area contributed by atoms with Gasteiger partial charge in [0.2, 0.25) is 0 Å². The highest BCUT2D eigenvalue weighted by Gasteiger charge is 2.13. The first-order chi connectivity index (χ1) is 11.0. The molecule has 0 aliphatic rings. The molecule has 0 unspecified atom stereocenters. The van der Waals surface area contributed by atoms with Gasteiger partial charge in [-0.1, -0.05) is 18.2 Å². The number of hydrogen-bond acceptors (Lipinski definition) is 3. The molecule has 0 aromatic heterocycles. The Balaban J connectivity index is 2.59. The van der Waals surface area contributed by atoms with E-state index >= 15 is 0 Å². The monoisotopic (exact) mass is 312 g/mol. The smallest absolute Gasteiger partial charge is 0.336 e. The molecule has 0 amide bonds. The van der Waals surface area contributed by atoms with Crippen LogP contribution in [0.3, 0.4) is 0 Å². The van der Waals surface area contributed by atoms with Gasteiger partial charge in [0, 0.05) is 5.56 Å². The van der Waals surface area contributed by atoms with Gasteiger partial charge in [-0.2, -0.15) is 0 Å². The van der Waals surface area contributed by atoms with E-state index in [2.05, 4.69) is 0 Å². The molecule has 0 bridgehead atoms. The number of aryl methyl sites for hydroxylation is 2. The summed E-state index contributed by atoms with van der Waals surface area (Å²) < 4.78 is 10.5. The fourth-order valence-electron chi connectivity index (χ4n) is 2.29. The van der Waals surface area contributed by atoms with Crippen LogP contribution in [0.25, 0.3) is 11.6 Å². The van der Waals surface area contributed by atoms with Crippen molar-refractivity contribution in [1.82, 2.24) is 0 Å². The Morgan fingerprint density at radius 3 is 2.30 bits per heavy atom. The number of hydrogen-bond donors (Lipinski definition) is 1. The lowest BCUT2D eigenvalue weighted by Crippen LogP contribution is -2.01. The third-order valence-corrected chi connectivity index (χ3v) is 3.79. The molecule has 0 heterocycles. The van der Waals surface area contributed by atoms with Crippen LogP contribution in [-0.4, -0.2) is 25.3 Å². The number of benzene rings is 2. The topological polar surface area (TPSA) is 55.8 Å². The van der Waals surface area contributed by atoms with Crippen LogP contribution in [0.5, 0.6) is 11.5 Å². The van der Waals surface area contributed by atoms with Crippen LogP contribution in [-0.2, 0) is 4.79 Å². The molecule has 0 atom stereocenters. The average Bonchev–Trinajstić information content (AvgIpc) is 2.54. The Morgan fingerprint density at radius 2 is 1.74 bits per heavy atom. The second kappa shape index (κ2) is 7.01. The molecule has 0 aliphatic carbocycles. The summed E-state index contributed by atoms with van der Waals surface area (Å²) in [5, 5.41) is 9.60. The lowest BCUT2D eigenvalue weighted by molar-refractivity contribution is -0.130. The number of methoxy groups -OCH3 is 2. The van der Waals surface area contributed by atoms with Crippen molar-refractivity contribution in [3.8, 4) is 11.5 Å². The maximum atomic E-state index is 11.7. The molecule has 2 aromatic rings. The zero-order chi connectivity index (χ0) is 17.0. The van der Waals surface area contributed by atoms with Crippen LogP contribution < -0.4 is 9.47 Å². The minimum atomic E-state index is -0.988. The van der Waals surface area contributed by atoms with E-state index in [9.17, 15) is 9.90 Å². The molecule has 0 saturated heterocycles. The molecule has 0 radical (unpaired) electrons. The van der Waals surface area contributed by atoms with Crippen LogP contribution in [0.2, 0.25) is 0 Å². The number of carboxylic acids is 1. The maximum absolute atomic E-state index is 11.7. The van der Waals surface area contributed by atoms with Crippen LogP contribution >= 0.6 is 0 Å². The van der Waals surface area contributed by atoms with E-state index in [1.807, 2.05) is 32.0 Å². The Hall–Kier alpha value is -2.75. The molecule has 0 aliphatic heterocycles. The Labute approximate surface area is 136 Å². The van der Waals surface area contributed by atoms with Crippen LogP contribution in [0.4, 0.5) is 0 Å². The van der Waals surface area contributed by atoms with Gasteiger partial charge in [0.05, 0.1) is 19.8 Å². The van der Waals surface area contributed by atoms with Gasteiger partial charge in [0.25, 0.3) is 0 Å². The third-order valence-electron chi connectivity index (χ3n) is 3.79. The third kappa shape index (κ3) is 3.72. The predicted octanol–water partition coefficient (Wildman–Crippen LogP) is 3.95. The van der Waals surface area contributed by atoms with Gasteiger partial charge in [0.15, 0.2) is 0 Å². The van der Waals surface area contributed by atoms with Gasteiger partial charge in [-0.25, -0.2) is 4.79 Å². The number of carbonyl (C=O) groups is 1. The molecule has 23 heavy (non-hydrogen) atoms. The highest BCUT2D eigenvalue weighted by molar-refractivity contribution is 6.20. The van der Waals surface area contributed by atoms with Crippen molar-refractivity contribution in [2.75, 3.05) is 14.2 Å². The van der Waals surface area contributed by atoms with Crippen molar-refractivity contribution in [3.63, 3.8) is 0 Å². The molecular formula is C19H20O4. The zero-order valence-electron chi connectivity index (χ0n) is 13.7.